The summed E-state index contributed by atoms with van der Waals surface area (Å²) in [5.74, 6) is 0.358. The zero-order valence-electron chi connectivity index (χ0n) is 24.1. The molecule has 3 aliphatic carbocycles. The van der Waals surface area contributed by atoms with Crippen molar-refractivity contribution in [3.8, 4) is 5.75 Å². The lowest BCUT2D eigenvalue weighted by atomic mass is 9.34. The van der Waals surface area contributed by atoms with E-state index in [1.54, 1.807) is 17.0 Å². The van der Waals surface area contributed by atoms with Crippen molar-refractivity contribution in [2.45, 2.75) is 31.1 Å². The number of phosphoric ester groups is 1. The Balaban J connectivity index is 1.09. The molecule has 0 spiro atoms. The summed E-state index contributed by atoms with van der Waals surface area (Å²) in [5, 5.41) is 3.22. The summed E-state index contributed by atoms with van der Waals surface area (Å²) in [6.45, 7) is 0.813. The van der Waals surface area contributed by atoms with Crippen molar-refractivity contribution >= 4 is 81.4 Å². The highest BCUT2D eigenvalue weighted by atomic mass is 35.5. The third kappa shape index (κ3) is 4.11. The van der Waals surface area contributed by atoms with Gasteiger partial charge in [-0.25, -0.2) is 4.57 Å². The van der Waals surface area contributed by atoms with E-state index in [-0.39, 0.29) is 35.3 Å². The second-order valence-corrected chi connectivity index (χ2v) is 14.8. The highest BCUT2D eigenvalue weighted by molar-refractivity contribution is 7.46. The molecular weight excluding hydrogens is 636 g/mol. The fraction of sp³-hybridized carbons (Fsp3) is 0.333. The summed E-state index contributed by atoms with van der Waals surface area (Å²) in [7, 11) is -4.87. The molecule has 5 aliphatic rings. The molecule has 4 aromatic carbocycles. The van der Waals surface area contributed by atoms with Crippen LogP contribution in [-0.4, -0.2) is 46.5 Å². The molecule has 232 valence electrons. The van der Waals surface area contributed by atoms with Crippen molar-refractivity contribution in [2.75, 3.05) is 40.4 Å². The summed E-state index contributed by atoms with van der Waals surface area (Å²) in [6.07, 6.45) is 1.32. The Bertz CT molecular complexity index is 1990. The predicted molar refractivity (Wildman–Crippen MR) is 175 cm³/mol. The number of carbonyl (C=O) groups is 2. The van der Waals surface area contributed by atoms with Crippen molar-refractivity contribution < 1.29 is 28.5 Å². The summed E-state index contributed by atoms with van der Waals surface area (Å²) in [5.41, 5.74) is 8.98. The van der Waals surface area contributed by atoms with Crippen LogP contribution in [0.3, 0.4) is 0 Å². The highest BCUT2D eigenvalue weighted by Crippen LogP contribution is 2.75. The van der Waals surface area contributed by atoms with Gasteiger partial charge in [0.2, 0.25) is 11.8 Å². The number of carbonyl (C=O) groups excluding carboxylic acids is 2. The molecule has 9 nitrogen and oxygen atoms in total. The molecule has 3 saturated carbocycles. The molecule has 4 aromatic rings. The van der Waals surface area contributed by atoms with E-state index in [2.05, 4.69) is 0 Å². The van der Waals surface area contributed by atoms with E-state index >= 15 is 0 Å². The first-order chi connectivity index (χ1) is 21.5. The minimum atomic E-state index is -4.87. The number of hydrogen-bond acceptors (Lipinski definition) is 5. The number of benzene rings is 4. The van der Waals surface area contributed by atoms with Gasteiger partial charge in [0.05, 0.1) is 16.5 Å². The van der Waals surface area contributed by atoms with Crippen LogP contribution in [0.2, 0.25) is 0 Å². The van der Waals surface area contributed by atoms with E-state index in [9.17, 15) is 23.9 Å². The van der Waals surface area contributed by atoms with Gasteiger partial charge in [0, 0.05) is 64.9 Å². The van der Waals surface area contributed by atoms with Crippen LogP contribution >= 0.6 is 31.0 Å². The van der Waals surface area contributed by atoms with Crippen LogP contribution in [0.25, 0.3) is 21.5 Å². The fourth-order valence-corrected chi connectivity index (χ4v) is 9.45. The molecule has 2 heterocycles. The van der Waals surface area contributed by atoms with Crippen LogP contribution in [0, 0.1) is 10.8 Å². The average molecular weight is 666 g/mol. The quantitative estimate of drug-likeness (QED) is 0.126. The minimum Gasteiger partial charge on any atom is -0.404 e. The molecule has 2 amide bonds. The van der Waals surface area contributed by atoms with Gasteiger partial charge in [0.25, 0.3) is 0 Å². The van der Waals surface area contributed by atoms with E-state index in [1.807, 2.05) is 47.4 Å². The fourth-order valence-electron chi connectivity index (χ4n) is 8.54. The van der Waals surface area contributed by atoms with E-state index in [0.29, 0.717) is 55.0 Å². The number of nitrogen functional groups attached to an aromatic ring is 1. The largest absolute Gasteiger partial charge is 0.524 e. The second kappa shape index (κ2) is 9.84. The molecule has 0 aromatic heterocycles. The summed E-state index contributed by atoms with van der Waals surface area (Å²) >= 11 is 12.8. The Morgan fingerprint density at radius 1 is 0.800 bits per heavy atom. The molecule has 2 aliphatic heterocycles. The Morgan fingerprint density at radius 2 is 1.24 bits per heavy atom. The third-order valence-corrected chi connectivity index (χ3v) is 11.5. The van der Waals surface area contributed by atoms with Gasteiger partial charge in [-0.3, -0.25) is 19.4 Å². The zero-order valence-corrected chi connectivity index (χ0v) is 26.5. The van der Waals surface area contributed by atoms with Gasteiger partial charge in [-0.2, -0.15) is 0 Å². The van der Waals surface area contributed by atoms with Crippen LogP contribution in [0.4, 0.5) is 17.1 Å². The first-order valence-corrected chi connectivity index (χ1v) is 17.5. The monoisotopic (exact) mass is 665 g/mol. The maximum absolute atomic E-state index is 14.2. The number of amides is 2. The first kappa shape index (κ1) is 29.1. The Morgan fingerprint density at radius 3 is 1.73 bits per heavy atom. The molecular formula is C33H30Cl2N3O6P. The SMILES string of the molecule is Nc1cc2c(c3ccccc13)[C@H](CCl)CN2C(=O)C12CC(C(=O)N3C[C@@H](CCl)c4c3cc(OP(=O)(O)O)c3ccccc43)(C1)C2. The van der Waals surface area contributed by atoms with Crippen molar-refractivity contribution in [3.63, 3.8) is 0 Å². The number of alkyl halides is 2. The standard InChI is InChI=1S/C33H30Cl2N3O6P/c34-11-18-13-37(25-9-24(36)20-5-1-3-7-22(20)28(18)25)30(39)32-15-33(16-32,17-32)31(40)38-14-19(12-35)29-23-8-4-2-6-21(23)27(10-26(29)38)44-45(41,42)43/h1-10,18-19H,11-17,36H2,(H2,41,42,43)/t18-,19-,32?,33?/m1/s1. The van der Waals surface area contributed by atoms with Crippen molar-refractivity contribution in [3.05, 3.63) is 71.8 Å². The molecule has 2 atom stereocenters. The smallest absolute Gasteiger partial charge is 0.404 e. The van der Waals surface area contributed by atoms with E-state index in [0.717, 1.165) is 33.0 Å². The third-order valence-electron chi connectivity index (χ3n) is 10.3. The summed E-state index contributed by atoms with van der Waals surface area (Å²) < 4.78 is 16.9. The van der Waals surface area contributed by atoms with Gasteiger partial charge in [-0.15, -0.1) is 23.2 Å². The lowest BCUT2D eigenvalue weighted by molar-refractivity contribution is -0.204. The molecule has 4 N–H and O–H groups in total. The molecule has 0 radical (unpaired) electrons. The Labute approximate surface area is 269 Å². The van der Waals surface area contributed by atoms with Gasteiger partial charge in [-0.1, -0.05) is 48.5 Å². The van der Waals surface area contributed by atoms with Crippen molar-refractivity contribution in [1.82, 2.24) is 0 Å². The van der Waals surface area contributed by atoms with Gasteiger partial charge in [0.1, 0.15) is 5.75 Å². The van der Waals surface area contributed by atoms with Crippen LogP contribution in [-0.2, 0) is 14.2 Å². The van der Waals surface area contributed by atoms with Crippen molar-refractivity contribution in [1.29, 1.82) is 0 Å². The molecule has 9 rings (SSSR count). The first-order valence-electron chi connectivity index (χ1n) is 14.9. The molecule has 45 heavy (non-hydrogen) atoms. The number of phosphoric acid groups is 1. The van der Waals surface area contributed by atoms with Gasteiger partial charge in [-0.05, 0) is 47.2 Å². The van der Waals surface area contributed by atoms with E-state index in [4.69, 9.17) is 33.5 Å². The number of fused-ring (bicyclic) bond motifs is 6. The Kier molecular flexibility index (Phi) is 6.36. The van der Waals surface area contributed by atoms with Crippen LogP contribution in [0.1, 0.15) is 42.2 Å². The Hall–Kier alpha value is -3.33. The second-order valence-electron chi connectivity index (χ2n) is 13.0. The average Bonchev–Trinajstić information content (AvgIpc) is 3.53. The number of anilines is 3. The lowest BCUT2D eigenvalue weighted by Crippen LogP contribution is -2.73. The number of rotatable bonds is 6. The van der Waals surface area contributed by atoms with Crippen LogP contribution in [0.5, 0.6) is 5.75 Å². The molecule has 0 unspecified atom stereocenters. The molecule has 2 bridgehead atoms. The van der Waals surface area contributed by atoms with E-state index in [1.165, 1.54) is 6.07 Å². The summed E-state index contributed by atoms with van der Waals surface area (Å²) in [6, 6.07) is 18.5. The minimum absolute atomic E-state index is 0.00305. The maximum atomic E-state index is 14.2. The zero-order chi connectivity index (χ0) is 31.5. The van der Waals surface area contributed by atoms with Crippen molar-refractivity contribution in [2.24, 2.45) is 10.8 Å². The number of halogens is 2. The van der Waals surface area contributed by atoms with Gasteiger partial charge >= 0.3 is 7.82 Å². The highest BCUT2D eigenvalue weighted by Gasteiger charge is 2.76. The van der Waals surface area contributed by atoms with E-state index < -0.39 is 18.7 Å². The van der Waals surface area contributed by atoms with Crippen LogP contribution < -0.4 is 20.1 Å². The molecule has 3 fully saturated rings. The summed E-state index contributed by atoms with van der Waals surface area (Å²) in [4.78, 5) is 51.1. The number of nitrogens with two attached hydrogens (primary N) is 1. The normalized spacial score (nSPS) is 26.4. The van der Waals surface area contributed by atoms with Crippen LogP contribution in [0.15, 0.2) is 60.7 Å². The number of nitrogens with zero attached hydrogens (tertiary/aromatic N) is 2. The van der Waals surface area contributed by atoms with Gasteiger partial charge < -0.3 is 20.1 Å². The van der Waals surface area contributed by atoms with Gasteiger partial charge in [0.15, 0.2) is 0 Å². The molecule has 0 saturated heterocycles. The molecule has 12 heteroatoms. The number of hydrogen-bond donors (Lipinski definition) is 3. The topological polar surface area (TPSA) is 133 Å². The predicted octanol–water partition coefficient (Wildman–Crippen LogP) is 6.26. The maximum Gasteiger partial charge on any atom is 0.524 e. The lowest BCUT2D eigenvalue weighted by Gasteiger charge is -2.69.